The van der Waals surface area contributed by atoms with Crippen LogP contribution in [0.2, 0.25) is 5.02 Å². The first-order valence-corrected chi connectivity index (χ1v) is 7.33. The summed E-state index contributed by atoms with van der Waals surface area (Å²) >= 11 is 5.91. The number of carbonyl (C=O) groups excluding carboxylic acids is 1. The number of rotatable bonds is 3. The van der Waals surface area contributed by atoms with Crippen LogP contribution in [-0.2, 0) is 11.3 Å². The summed E-state index contributed by atoms with van der Waals surface area (Å²) in [7, 11) is 0. The van der Waals surface area contributed by atoms with E-state index in [1.165, 1.54) is 0 Å². The maximum Gasteiger partial charge on any atom is 0.225 e. The van der Waals surface area contributed by atoms with Crippen molar-refractivity contribution in [3.8, 4) is 5.75 Å². The lowest BCUT2D eigenvalue weighted by atomic mass is 10.1. The molecule has 110 valence electrons. The molecule has 0 unspecified atom stereocenters. The average Bonchev–Trinajstić information content (AvgIpc) is 2.43. The fourth-order valence-corrected chi connectivity index (χ4v) is 2.60. The molecule has 2 rings (SSSR count). The molecule has 0 aliphatic carbocycles. The standard InChI is InChI=1S/C15H21ClN2O2/c1-11(2)15(20)18-7-5-17(6-8-18)10-12-3-4-14(19)13(16)9-12/h3-4,9,11,19H,5-8,10H2,1-2H3. The third-order valence-corrected chi connectivity index (χ3v) is 3.90. The van der Waals surface area contributed by atoms with Gasteiger partial charge < -0.3 is 10.0 Å². The Morgan fingerprint density at radius 2 is 1.95 bits per heavy atom. The number of nitrogens with zero attached hydrogens (tertiary/aromatic N) is 2. The summed E-state index contributed by atoms with van der Waals surface area (Å²) in [4.78, 5) is 16.1. The Morgan fingerprint density at radius 1 is 1.30 bits per heavy atom. The first-order chi connectivity index (χ1) is 9.47. The number of piperazine rings is 1. The van der Waals surface area contributed by atoms with E-state index < -0.39 is 0 Å². The number of hydrogen-bond donors (Lipinski definition) is 1. The highest BCUT2D eigenvalue weighted by Crippen LogP contribution is 2.24. The second kappa shape index (κ2) is 6.46. The van der Waals surface area contributed by atoms with Crippen molar-refractivity contribution in [2.24, 2.45) is 5.92 Å². The zero-order chi connectivity index (χ0) is 14.7. The van der Waals surface area contributed by atoms with Gasteiger partial charge in [0, 0.05) is 38.6 Å². The lowest BCUT2D eigenvalue weighted by Crippen LogP contribution is -2.49. The van der Waals surface area contributed by atoms with E-state index in [0.29, 0.717) is 5.02 Å². The maximum absolute atomic E-state index is 11.9. The van der Waals surface area contributed by atoms with Gasteiger partial charge in [-0.2, -0.15) is 0 Å². The molecule has 1 fully saturated rings. The number of amides is 1. The van der Waals surface area contributed by atoms with Gasteiger partial charge in [-0.05, 0) is 17.7 Å². The zero-order valence-electron chi connectivity index (χ0n) is 12.0. The molecule has 4 nitrogen and oxygen atoms in total. The van der Waals surface area contributed by atoms with Crippen molar-refractivity contribution in [2.45, 2.75) is 20.4 Å². The van der Waals surface area contributed by atoms with Gasteiger partial charge in [-0.15, -0.1) is 0 Å². The number of phenolic OH excluding ortho intramolecular Hbond substituents is 1. The summed E-state index contributed by atoms with van der Waals surface area (Å²) in [5, 5.41) is 9.79. The zero-order valence-corrected chi connectivity index (χ0v) is 12.7. The molecule has 0 atom stereocenters. The molecule has 1 heterocycles. The van der Waals surface area contributed by atoms with Gasteiger partial charge in [0.2, 0.25) is 5.91 Å². The molecular weight excluding hydrogens is 276 g/mol. The quantitative estimate of drug-likeness (QED) is 0.931. The van der Waals surface area contributed by atoms with Crippen molar-refractivity contribution in [1.82, 2.24) is 9.80 Å². The number of hydrogen-bond acceptors (Lipinski definition) is 3. The van der Waals surface area contributed by atoms with Crippen LogP contribution in [0.3, 0.4) is 0 Å². The second-order valence-electron chi connectivity index (χ2n) is 5.54. The monoisotopic (exact) mass is 296 g/mol. The summed E-state index contributed by atoms with van der Waals surface area (Å²) in [6.45, 7) is 7.98. The predicted molar refractivity (Wildman–Crippen MR) is 79.8 cm³/mol. The van der Waals surface area contributed by atoms with Gasteiger partial charge in [-0.3, -0.25) is 9.69 Å². The summed E-state index contributed by atoms with van der Waals surface area (Å²) in [6, 6.07) is 5.30. The smallest absolute Gasteiger partial charge is 0.225 e. The number of carbonyl (C=O) groups is 1. The number of aromatic hydroxyl groups is 1. The first-order valence-electron chi connectivity index (χ1n) is 6.96. The van der Waals surface area contributed by atoms with Gasteiger partial charge in [0.15, 0.2) is 0 Å². The molecule has 1 N–H and O–H groups in total. The first kappa shape index (κ1) is 15.1. The van der Waals surface area contributed by atoms with E-state index >= 15 is 0 Å². The second-order valence-corrected chi connectivity index (χ2v) is 5.95. The van der Waals surface area contributed by atoms with Crippen LogP contribution >= 0.6 is 11.6 Å². The van der Waals surface area contributed by atoms with E-state index in [-0.39, 0.29) is 17.6 Å². The van der Waals surface area contributed by atoms with E-state index in [2.05, 4.69) is 4.90 Å². The average molecular weight is 297 g/mol. The van der Waals surface area contributed by atoms with Crippen LogP contribution < -0.4 is 0 Å². The van der Waals surface area contributed by atoms with Crippen LogP contribution in [0, 0.1) is 5.92 Å². The lowest BCUT2D eigenvalue weighted by Gasteiger charge is -2.35. The third-order valence-electron chi connectivity index (χ3n) is 3.60. The predicted octanol–water partition coefficient (Wildman–Crippen LogP) is 2.35. The highest BCUT2D eigenvalue weighted by molar-refractivity contribution is 6.32. The maximum atomic E-state index is 11.9. The van der Waals surface area contributed by atoms with Gasteiger partial charge in [0.1, 0.15) is 5.75 Å². The number of phenols is 1. The minimum Gasteiger partial charge on any atom is -0.506 e. The van der Waals surface area contributed by atoms with Crippen LogP contribution in [0.25, 0.3) is 0 Å². The largest absolute Gasteiger partial charge is 0.506 e. The van der Waals surface area contributed by atoms with Gasteiger partial charge in [-0.25, -0.2) is 0 Å². The SMILES string of the molecule is CC(C)C(=O)N1CCN(Cc2ccc(O)c(Cl)c2)CC1. The summed E-state index contributed by atoms with van der Waals surface area (Å²) < 4.78 is 0. The summed E-state index contributed by atoms with van der Waals surface area (Å²) in [5.41, 5.74) is 1.08. The van der Waals surface area contributed by atoms with E-state index in [0.717, 1.165) is 38.3 Å². The molecule has 0 aromatic heterocycles. The Kier molecular flexibility index (Phi) is 4.89. The molecule has 0 radical (unpaired) electrons. The van der Waals surface area contributed by atoms with Gasteiger partial charge in [0.25, 0.3) is 0 Å². The number of benzene rings is 1. The topological polar surface area (TPSA) is 43.8 Å². The van der Waals surface area contributed by atoms with Crippen molar-refractivity contribution >= 4 is 17.5 Å². The molecule has 1 amide bonds. The van der Waals surface area contributed by atoms with E-state index in [9.17, 15) is 9.90 Å². The van der Waals surface area contributed by atoms with Crippen LogP contribution in [0.5, 0.6) is 5.75 Å². The Bertz CT molecular complexity index is 483. The molecule has 1 aliphatic rings. The minimum atomic E-state index is 0.0671. The molecule has 1 saturated heterocycles. The van der Waals surface area contributed by atoms with E-state index in [1.807, 2.05) is 24.8 Å². The fourth-order valence-electron chi connectivity index (χ4n) is 2.40. The Hall–Kier alpha value is -1.26. The molecule has 20 heavy (non-hydrogen) atoms. The van der Waals surface area contributed by atoms with Crippen LogP contribution in [0.1, 0.15) is 19.4 Å². The molecule has 1 aliphatic heterocycles. The van der Waals surface area contributed by atoms with Crippen LogP contribution in [0.15, 0.2) is 18.2 Å². The minimum absolute atomic E-state index is 0.0671. The van der Waals surface area contributed by atoms with Crippen LogP contribution in [-0.4, -0.2) is 47.0 Å². The number of halogens is 1. The molecule has 0 spiro atoms. The van der Waals surface area contributed by atoms with E-state index in [4.69, 9.17) is 11.6 Å². The van der Waals surface area contributed by atoms with Crippen molar-refractivity contribution in [2.75, 3.05) is 26.2 Å². The Morgan fingerprint density at radius 3 is 2.50 bits per heavy atom. The van der Waals surface area contributed by atoms with Crippen molar-refractivity contribution in [3.05, 3.63) is 28.8 Å². The summed E-state index contributed by atoms with van der Waals surface area (Å²) in [5.74, 6) is 0.414. The van der Waals surface area contributed by atoms with E-state index in [1.54, 1.807) is 12.1 Å². The van der Waals surface area contributed by atoms with Crippen LogP contribution in [0.4, 0.5) is 0 Å². The fraction of sp³-hybridized carbons (Fsp3) is 0.533. The summed E-state index contributed by atoms with van der Waals surface area (Å²) in [6.07, 6.45) is 0. The molecule has 0 bridgehead atoms. The van der Waals surface area contributed by atoms with Gasteiger partial charge >= 0.3 is 0 Å². The van der Waals surface area contributed by atoms with Crippen molar-refractivity contribution in [3.63, 3.8) is 0 Å². The normalized spacial score (nSPS) is 16.7. The molecule has 1 aromatic carbocycles. The lowest BCUT2D eigenvalue weighted by molar-refractivity contribution is -0.136. The van der Waals surface area contributed by atoms with Gasteiger partial charge in [-0.1, -0.05) is 31.5 Å². The Labute approximate surface area is 124 Å². The molecular formula is C15H21ClN2O2. The Balaban J connectivity index is 1.88. The van der Waals surface area contributed by atoms with Crippen molar-refractivity contribution in [1.29, 1.82) is 0 Å². The van der Waals surface area contributed by atoms with Gasteiger partial charge in [0.05, 0.1) is 5.02 Å². The van der Waals surface area contributed by atoms with Crippen molar-refractivity contribution < 1.29 is 9.90 Å². The molecule has 0 saturated carbocycles. The third kappa shape index (κ3) is 3.64. The molecule has 1 aromatic rings. The highest BCUT2D eigenvalue weighted by atomic mass is 35.5. The molecule has 5 heteroatoms. The highest BCUT2D eigenvalue weighted by Gasteiger charge is 2.22.